The minimum atomic E-state index is -0.360. The molecular formula is C17H19N3O3S2. The monoisotopic (exact) mass is 377 g/mol. The number of nitrogens with zero attached hydrogens (tertiary/aromatic N) is 2. The van der Waals surface area contributed by atoms with Gasteiger partial charge in [0.25, 0.3) is 11.8 Å². The number of anilines is 1. The van der Waals surface area contributed by atoms with E-state index >= 15 is 0 Å². The number of thiazole rings is 1. The van der Waals surface area contributed by atoms with Crippen LogP contribution in [0.25, 0.3) is 0 Å². The van der Waals surface area contributed by atoms with Crippen LogP contribution in [0.15, 0.2) is 11.4 Å². The quantitative estimate of drug-likeness (QED) is 0.893. The van der Waals surface area contributed by atoms with Gasteiger partial charge < -0.3 is 9.64 Å². The van der Waals surface area contributed by atoms with E-state index in [1.807, 2.05) is 23.3 Å². The summed E-state index contributed by atoms with van der Waals surface area (Å²) < 4.78 is 5.40. The van der Waals surface area contributed by atoms with E-state index in [4.69, 9.17) is 4.74 Å². The number of rotatable bonds is 3. The van der Waals surface area contributed by atoms with E-state index in [1.165, 1.54) is 22.7 Å². The average molecular weight is 377 g/mol. The molecule has 0 bridgehead atoms. The maximum atomic E-state index is 12.6. The number of ether oxygens (including phenoxy) is 1. The molecule has 2 aliphatic rings. The summed E-state index contributed by atoms with van der Waals surface area (Å²) in [6.45, 7) is 3.85. The van der Waals surface area contributed by atoms with Gasteiger partial charge >= 0.3 is 0 Å². The molecule has 4 heterocycles. The van der Waals surface area contributed by atoms with Crippen LogP contribution < -0.4 is 5.32 Å². The zero-order valence-electron chi connectivity index (χ0n) is 13.9. The number of carbonyl (C=O) groups is 2. The Hall–Kier alpha value is -1.77. The molecule has 1 atom stereocenters. The Morgan fingerprint density at radius 2 is 2.32 bits per heavy atom. The molecule has 2 amide bonds. The van der Waals surface area contributed by atoms with Crippen molar-refractivity contribution in [2.75, 3.05) is 18.5 Å². The van der Waals surface area contributed by atoms with Crippen molar-refractivity contribution in [1.82, 2.24) is 9.88 Å². The lowest BCUT2D eigenvalue weighted by molar-refractivity contribution is -0.124. The largest absolute Gasteiger partial charge is 0.368 e. The van der Waals surface area contributed by atoms with Crippen LogP contribution in [-0.4, -0.2) is 41.0 Å². The molecule has 0 saturated carbocycles. The Kier molecular flexibility index (Phi) is 4.58. The Morgan fingerprint density at radius 1 is 1.44 bits per heavy atom. The van der Waals surface area contributed by atoms with E-state index in [-0.39, 0.29) is 17.9 Å². The highest BCUT2D eigenvalue weighted by Crippen LogP contribution is 2.30. The molecule has 0 aromatic carbocycles. The minimum absolute atomic E-state index is 0.0714. The Balaban J connectivity index is 1.44. The summed E-state index contributed by atoms with van der Waals surface area (Å²) >= 11 is 2.94. The molecule has 1 fully saturated rings. The summed E-state index contributed by atoms with van der Waals surface area (Å²) in [6.07, 6.45) is 2.05. The molecule has 1 saturated heterocycles. The van der Waals surface area contributed by atoms with Gasteiger partial charge in [0.15, 0.2) is 5.13 Å². The third-order valence-electron chi connectivity index (χ3n) is 4.41. The van der Waals surface area contributed by atoms with Gasteiger partial charge in [0.2, 0.25) is 0 Å². The predicted octanol–water partition coefficient (Wildman–Crippen LogP) is 2.83. The molecular weight excluding hydrogens is 358 g/mol. The second-order valence-electron chi connectivity index (χ2n) is 6.34. The van der Waals surface area contributed by atoms with Crippen molar-refractivity contribution in [3.8, 4) is 0 Å². The van der Waals surface area contributed by atoms with E-state index < -0.39 is 0 Å². The highest BCUT2D eigenvalue weighted by Gasteiger charge is 2.28. The Morgan fingerprint density at radius 3 is 3.04 bits per heavy atom. The maximum Gasteiger partial charge on any atom is 0.264 e. The van der Waals surface area contributed by atoms with E-state index in [0.29, 0.717) is 24.8 Å². The summed E-state index contributed by atoms with van der Waals surface area (Å²) in [5.74, 6) is -0.0484. The van der Waals surface area contributed by atoms with Crippen molar-refractivity contribution in [1.29, 1.82) is 0 Å². The zero-order chi connectivity index (χ0) is 17.4. The van der Waals surface area contributed by atoms with Gasteiger partial charge in [-0.3, -0.25) is 14.9 Å². The van der Waals surface area contributed by atoms with E-state index in [0.717, 1.165) is 40.3 Å². The zero-order valence-corrected chi connectivity index (χ0v) is 15.5. The number of thiophene rings is 1. The Labute approximate surface area is 153 Å². The molecule has 132 valence electrons. The summed E-state index contributed by atoms with van der Waals surface area (Å²) in [5, 5.41) is 5.46. The van der Waals surface area contributed by atoms with Gasteiger partial charge in [-0.25, -0.2) is 4.98 Å². The van der Waals surface area contributed by atoms with Crippen LogP contribution in [0.4, 0.5) is 5.13 Å². The molecule has 6 nitrogen and oxygen atoms in total. The van der Waals surface area contributed by atoms with Crippen LogP contribution in [0.3, 0.4) is 0 Å². The molecule has 2 aliphatic heterocycles. The summed E-state index contributed by atoms with van der Waals surface area (Å²) in [6, 6.07) is 1.93. The van der Waals surface area contributed by atoms with E-state index in [9.17, 15) is 9.59 Å². The first-order chi connectivity index (χ1) is 12.1. The van der Waals surface area contributed by atoms with Crippen LogP contribution in [0, 0.1) is 6.92 Å². The van der Waals surface area contributed by atoms with E-state index in [2.05, 4.69) is 10.3 Å². The second kappa shape index (κ2) is 6.86. The van der Waals surface area contributed by atoms with Crippen molar-refractivity contribution in [2.45, 2.75) is 38.8 Å². The van der Waals surface area contributed by atoms with Crippen LogP contribution in [0.5, 0.6) is 0 Å². The van der Waals surface area contributed by atoms with Gasteiger partial charge in [-0.1, -0.05) is 11.3 Å². The lowest BCUT2D eigenvalue weighted by atomic mass is 10.1. The lowest BCUT2D eigenvalue weighted by Crippen LogP contribution is -2.35. The van der Waals surface area contributed by atoms with E-state index in [1.54, 1.807) is 0 Å². The SMILES string of the molecule is Cc1csc(C(=O)N2CCc3nc(NC(=O)C4CCCO4)sc3C2)c1. The molecule has 0 spiro atoms. The molecule has 0 radical (unpaired) electrons. The third-order valence-corrected chi connectivity index (χ3v) is 6.45. The minimum Gasteiger partial charge on any atom is -0.368 e. The first-order valence-electron chi connectivity index (χ1n) is 8.35. The number of hydrogen-bond donors (Lipinski definition) is 1. The van der Waals surface area contributed by atoms with Crippen LogP contribution in [-0.2, 0) is 22.5 Å². The van der Waals surface area contributed by atoms with Gasteiger partial charge in [0.1, 0.15) is 6.10 Å². The topological polar surface area (TPSA) is 71.5 Å². The number of nitrogens with one attached hydrogen (secondary N) is 1. The van der Waals surface area contributed by atoms with Crippen molar-refractivity contribution >= 4 is 39.6 Å². The summed E-state index contributed by atoms with van der Waals surface area (Å²) in [7, 11) is 0. The molecule has 25 heavy (non-hydrogen) atoms. The molecule has 8 heteroatoms. The van der Waals surface area contributed by atoms with Crippen LogP contribution >= 0.6 is 22.7 Å². The van der Waals surface area contributed by atoms with Crippen LogP contribution in [0.1, 0.15) is 38.6 Å². The number of aryl methyl sites for hydroxylation is 1. The van der Waals surface area contributed by atoms with Crippen molar-refractivity contribution in [3.05, 3.63) is 32.5 Å². The van der Waals surface area contributed by atoms with Gasteiger partial charge in [-0.2, -0.15) is 0 Å². The fourth-order valence-electron chi connectivity index (χ4n) is 3.09. The predicted molar refractivity (Wildman–Crippen MR) is 97.2 cm³/mol. The summed E-state index contributed by atoms with van der Waals surface area (Å²) in [5.41, 5.74) is 2.10. The lowest BCUT2D eigenvalue weighted by Gasteiger charge is -2.25. The maximum absolute atomic E-state index is 12.6. The number of fused-ring (bicyclic) bond motifs is 1. The fraction of sp³-hybridized carbons (Fsp3) is 0.471. The first kappa shape index (κ1) is 16.7. The second-order valence-corrected chi connectivity index (χ2v) is 8.34. The molecule has 0 aliphatic carbocycles. The highest BCUT2D eigenvalue weighted by atomic mass is 32.1. The number of amides is 2. The molecule has 4 rings (SSSR count). The number of carbonyl (C=O) groups excluding carboxylic acids is 2. The van der Waals surface area contributed by atoms with Crippen molar-refractivity contribution < 1.29 is 14.3 Å². The highest BCUT2D eigenvalue weighted by molar-refractivity contribution is 7.16. The normalized spacial score (nSPS) is 19.7. The summed E-state index contributed by atoms with van der Waals surface area (Å²) in [4.78, 5) is 33.0. The third kappa shape index (κ3) is 3.47. The smallest absolute Gasteiger partial charge is 0.264 e. The molecule has 2 aromatic heterocycles. The average Bonchev–Trinajstić information content (AvgIpc) is 3.33. The first-order valence-corrected chi connectivity index (χ1v) is 10.1. The fourth-order valence-corrected chi connectivity index (χ4v) is 4.98. The van der Waals surface area contributed by atoms with Gasteiger partial charge in [0.05, 0.1) is 17.1 Å². The van der Waals surface area contributed by atoms with Gasteiger partial charge in [-0.05, 0) is 36.8 Å². The standard InChI is InChI=1S/C17H19N3O3S2/c1-10-7-13(24-9-10)16(22)20-5-4-11-14(8-20)25-17(18-11)19-15(21)12-3-2-6-23-12/h7,9,12H,2-6,8H2,1H3,(H,18,19,21). The van der Waals surface area contributed by atoms with Gasteiger partial charge in [0, 0.05) is 24.4 Å². The molecule has 1 unspecified atom stereocenters. The van der Waals surface area contributed by atoms with Gasteiger partial charge in [-0.15, -0.1) is 11.3 Å². The Bertz CT molecular complexity index is 808. The number of aromatic nitrogens is 1. The van der Waals surface area contributed by atoms with Crippen molar-refractivity contribution in [2.24, 2.45) is 0 Å². The van der Waals surface area contributed by atoms with Crippen molar-refractivity contribution in [3.63, 3.8) is 0 Å². The molecule has 1 N–H and O–H groups in total. The number of hydrogen-bond acceptors (Lipinski definition) is 6. The van der Waals surface area contributed by atoms with Crippen LogP contribution in [0.2, 0.25) is 0 Å². The molecule has 2 aromatic rings.